The van der Waals surface area contributed by atoms with Gasteiger partial charge in [-0.2, -0.15) is 13.2 Å². The normalized spacial score (nSPS) is 15.3. The number of rotatable bonds is 6. The van der Waals surface area contributed by atoms with Crippen molar-refractivity contribution < 1.29 is 18.0 Å². The van der Waals surface area contributed by atoms with E-state index in [1.807, 2.05) is 0 Å². The van der Waals surface area contributed by atoms with Crippen molar-refractivity contribution >= 4 is 17.7 Å². The number of amides is 1. The monoisotopic (exact) mass is 399 g/mol. The van der Waals surface area contributed by atoms with Gasteiger partial charge in [0.15, 0.2) is 0 Å². The van der Waals surface area contributed by atoms with Crippen LogP contribution in [0.25, 0.3) is 0 Å². The fourth-order valence-corrected chi connectivity index (χ4v) is 3.94. The second-order valence-electron chi connectivity index (χ2n) is 6.58. The molecule has 0 unspecified atom stereocenters. The van der Waals surface area contributed by atoms with Gasteiger partial charge in [-0.3, -0.25) is 4.79 Å². The number of benzene rings is 1. The lowest BCUT2D eigenvalue weighted by molar-refractivity contribution is -0.137. The second-order valence-corrected chi connectivity index (χ2v) is 7.52. The zero-order valence-electron chi connectivity index (χ0n) is 14.8. The summed E-state index contributed by atoms with van der Waals surface area (Å²) in [5.41, 5.74) is -0.0610. The maximum atomic E-state index is 12.6. The Morgan fingerprint density at radius 1 is 1.26 bits per heavy atom. The molecule has 2 aromatic rings. The molecular formula is C17H20F3N5OS. The van der Waals surface area contributed by atoms with Crippen molar-refractivity contribution in [3.8, 4) is 0 Å². The first-order valence-electron chi connectivity index (χ1n) is 8.65. The highest BCUT2D eigenvalue weighted by molar-refractivity contribution is 7.99. The average Bonchev–Trinajstić information content (AvgIpc) is 3.30. The Labute approximate surface area is 159 Å². The van der Waals surface area contributed by atoms with Crippen LogP contribution in [-0.2, 0) is 17.5 Å². The van der Waals surface area contributed by atoms with E-state index >= 15 is 0 Å². The number of carbonyl (C=O) groups is 1. The van der Waals surface area contributed by atoms with Gasteiger partial charge in [-0.15, -0.1) is 5.10 Å². The molecular weight excluding hydrogens is 379 g/mol. The number of aromatic nitrogens is 4. The first-order chi connectivity index (χ1) is 12.8. The lowest BCUT2D eigenvalue weighted by atomic mass is 10.1. The molecule has 146 valence electrons. The minimum atomic E-state index is -4.36. The van der Waals surface area contributed by atoms with Crippen molar-refractivity contribution in [2.45, 2.75) is 49.6 Å². The molecule has 0 saturated heterocycles. The number of halogens is 3. The van der Waals surface area contributed by atoms with Gasteiger partial charge in [-0.25, -0.2) is 4.68 Å². The van der Waals surface area contributed by atoms with Crippen molar-refractivity contribution in [3.05, 3.63) is 35.4 Å². The molecule has 1 heterocycles. The summed E-state index contributed by atoms with van der Waals surface area (Å²) in [6.45, 7) is 0.241. The largest absolute Gasteiger partial charge is 0.416 e. The minimum Gasteiger partial charge on any atom is -0.341 e. The number of nitrogens with zero attached hydrogens (tertiary/aromatic N) is 5. The summed E-state index contributed by atoms with van der Waals surface area (Å²) in [7, 11) is 1.63. The Kier molecular flexibility index (Phi) is 6.03. The van der Waals surface area contributed by atoms with Crippen molar-refractivity contribution in [3.63, 3.8) is 0 Å². The third kappa shape index (κ3) is 5.00. The van der Waals surface area contributed by atoms with Crippen molar-refractivity contribution in [2.24, 2.45) is 0 Å². The molecule has 1 aliphatic rings. The standard InChI is InChI=1S/C17H20F3N5OS/c1-24(10-12-6-8-13(9-7-12)17(18,19)20)15(26)11-27-16-21-22-23-25(16)14-4-2-3-5-14/h6-9,14H,2-5,10-11H2,1H3. The van der Waals surface area contributed by atoms with E-state index in [4.69, 9.17) is 0 Å². The SMILES string of the molecule is CN(Cc1ccc(C(F)(F)F)cc1)C(=O)CSc1nnnn1C1CCCC1. The topological polar surface area (TPSA) is 63.9 Å². The Morgan fingerprint density at radius 2 is 1.93 bits per heavy atom. The Morgan fingerprint density at radius 3 is 2.56 bits per heavy atom. The van der Waals surface area contributed by atoms with Crippen LogP contribution in [0.1, 0.15) is 42.9 Å². The zero-order chi connectivity index (χ0) is 19.4. The van der Waals surface area contributed by atoms with E-state index in [1.165, 1.54) is 28.8 Å². The first-order valence-corrected chi connectivity index (χ1v) is 9.64. The number of carbonyl (C=O) groups excluding carboxylic acids is 1. The molecule has 1 fully saturated rings. The van der Waals surface area contributed by atoms with Gasteiger partial charge in [0.1, 0.15) is 0 Å². The van der Waals surface area contributed by atoms with E-state index in [9.17, 15) is 18.0 Å². The molecule has 0 aliphatic heterocycles. The Bertz CT molecular complexity index is 772. The molecule has 0 atom stereocenters. The summed E-state index contributed by atoms with van der Waals surface area (Å²) >= 11 is 1.28. The number of tetrazole rings is 1. The Balaban J connectivity index is 1.53. The van der Waals surface area contributed by atoms with Gasteiger partial charge in [0, 0.05) is 13.6 Å². The van der Waals surface area contributed by atoms with E-state index in [2.05, 4.69) is 15.5 Å². The molecule has 1 aromatic carbocycles. The summed E-state index contributed by atoms with van der Waals surface area (Å²) in [6, 6.07) is 5.12. The van der Waals surface area contributed by atoms with E-state index in [1.54, 1.807) is 11.7 Å². The van der Waals surface area contributed by atoms with Crippen LogP contribution >= 0.6 is 11.8 Å². The van der Waals surface area contributed by atoms with Gasteiger partial charge < -0.3 is 4.90 Å². The smallest absolute Gasteiger partial charge is 0.341 e. The van der Waals surface area contributed by atoms with E-state index in [0.29, 0.717) is 16.8 Å². The van der Waals surface area contributed by atoms with E-state index in [-0.39, 0.29) is 18.2 Å². The summed E-state index contributed by atoms with van der Waals surface area (Å²) < 4.78 is 39.6. The second kappa shape index (κ2) is 8.28. The van der Waals surface area contributed by atoms with Crippen LogP contribution in [0, 0.1) is 0 Å². The Hall–Kier alpha value is -2.10. The number of hydrogen-bond donors (Lipinski definition) is 0. The van der Waals surface area contributed by atoms with Gasteiger partial charge in [0.05, 0.1) is 17.4 Å². The van der Waals surface area contributed by atoms with E-state index < -0.39 is 11.7 Å². The number of alkyl halides is 3. The molecule has 1 aromatic heterocycles. The van der Waals surface area contributed by atoms with E-state index in [0.717, 1.165) is 37.8 Å². The molecule has 0 spiro atoms. The first kappa shape index (κ1) is 19.7. The molecule has 0 N–H and O–H groups in total. The third-order valence-electron chi connectivity index (χ3n) is 4.58. The summed E-state index contributed by atoms with van der Waals surface area (Å²) in [4.78, 5) is 13.8. The third-order valence-corrected chi connectivity index (χ3v) is 5.50. The van der Waals surface area contributed by atoms with Gasteiger partial charge in [-0.05, 0) is 41.0 Å². The highest BCUT2D eigenvalue weighted by atomic mass is 32.2. The molecule has 0 radical (unpaired) electrons. The fourth-order valence-electron chi connectivity index (χ4n) is 3.06. The lowest BCUT2D eigenvalue weighted by Crippen LogP contribution is -2.28. The summed E-state index contributed by atoms with van der Waals surface area (Å²) in [6.07, 6.45) is 0.0355. The van der Waals surface area contributed by atoms with Crippen LogP contribution < -0.4 is 0 Å². The zero-order valence-corrected chi connectivity index (χ0v) is 15.6. The molecule has 1 aliphatic carbocycles. The van der Waals surface area contributed by atoms with Gasteiger partial charge in [-0.1, -0.05) is 36.7 Å². The molecule has 0 bridgehead atoms. The van der Waals surface area contributed by atoms with Crippen molar-refractivity contribution in [1.29, 1.82) is 0 Å². The van der Waals surface area contributed by atoms with Crippen LogP contribution in [0.15, 0.2) is 29.4 Å². The van der Waals surface area contributed by atoms with Crippen LogP contribution in [0.3, 0.4) is 0 Å². The van der Waals surface area contributed by atoms with Gasteiger partial charge >= 0.3 is 6.18 Å². The predicted molar refractivity (Wildman–Crippen MR) is 94.0 cm³/mol. The lowest BCUT2D eigenvalue weighted by Gasteiger charge is -2.18. The number of thioether (sulfide) groups is 1. The maximum absolute atomic E-state index is 12.6. The van der Waals surface area contributed by atoms with Crippen LogP contribution in [0.2, 0.25) is 0 Å². The molecule has 10 heteroatoms. The van der Waals surface area contributed by atoms with Crippen LogP contribution in [0.5, 0.6) is 0 Å². The van der Waals surface area contributed by atoms with Crippen molar-refractivity contribution in [1.82, 2.24) is 25.1 Å². The fraction of sp³-hybridized carbons (Fsp3) is 0.529. The van der Waals surface area contributed by atoms with Crippen molar-refractivity contribution in [2.75, 3.05) is 12.8 Å². The molecule has 3 rings (SSSR count). The highest BCUT2D eigenvalue weighted by Crippen LogP contribution is 2.31. The molecule has 27 heavy (non-hydrogen) atoms. The molecule has 1 saturated carbocycles. The van der Waals surface area contributed by atoms with Crippen LogP contribution in [-0.4, -0.2) is 43.8 Å². The summed E-state index contributed by atoms with van der Waals surface area (Å²) in [5.74, 6) is 0.0328. The maximum Gasteiger partial charge on any atom is 0.416 e. The van der Waals surface area contributed by atoms with Gasteiger partial charge in [0.2, 0.25) is 11.1 Å². The summed E-state index contributed by atoms with van der Waals surface area (Å²) in [5, 5.41) is 12.4. The quantitative estimate of drug-likeness (QED) is 0.695. The molecule has 1 amide bonds. The van der Waals surface area contributed by atoms with Gasteiger partial charge in [0.25, 0.3) is 0 Å². The highest BCUT2D eigenvalue weighted by Gasteiger charge is 2.30. The average molecular weight is 399 g/mol. The predicted octanol–water partition coefficient (Wildman–Crippen LogP) is 3.56. The molecule has 6 nitrogen and oxygen atoms in total. The van der Waals surface area contributed by atoms with Crippen LogP contribution in [0.4, 0.5) is 13.2 Å². The minimum absolute atomic E-state index is 0.138. The number of hydrogen-bond acceptors (Lipinski definition) is 5.